The number of hydrogen-bond donors (Lipinski definition) is 0. The van der Waals surface area contributed by atoms with Crippen LogP contribution >= 0.6 is 0 Å². The molecule has 0 saturated heterocycles. The molecular formula is C64H39NSe. The molecule has 0 fully saturated rings. The van der Waals surface area contributed by atoms with Crippen LogP contribution < -0.4 is 0 Å². The number of nitrogens with zero attached hydrogens (tertiary/aromatic N) is 1. The van der Waals surface area contributed by atoms with Gasteiger partial charge in [0.25, 0.3) is 0 Å². The van der Waals surface area contributed by atoms with Gasteiger partial charge in [-0.25, -0.2) is 0 Å². The van der Waals surface area contributed by atoms with Gasteiger partial charge in [-0.2, -0.15) is 0 Å². The van der Waals surface area contributed by atoms with Crippen LogP contribution in [0.2, 0.25) is 0 Å². The number of para-hydroxylation sites is 3. The van der Waals surface area contributed by atoms with Crippen LogP contribution in [0.25, 0.3) is 134 Å². The summed E-state index contributed by atoms with van der Waals surface area (Å²) in [6, 6.07) is 88.1. The van der Waals surface area contributed by atoms with Crippen LogP contribution in [-0.2, 0) is 0 Å². The predicted octanol–water partition coefficient (Wildman–Crippen LogP) is 17.4. The molecule has 0 unspecified atom stereocenters. The van der Waals surface area contributed by atoms with Crippen molar-refractivity contribution in [3.8, 4) is 50.2 Å². The number of rotatable bonds is 5. The molecule has 306 valence electrons. The van der Waals surface area contributed by atoms with E-state index in [0.717, 1.165) is 5.69 Å². The van der Waals surface area contributed by atoms with Gasteiger partial charge >= 0.3 is 384 Å². The summed E-state index contributed by atoms with van der Waals surface area (Å²) in [7, 11) is 0. The van der Waals surface area contributed by atoms with E-state index in [2.05, 4.69) is 241 Å². The average molecular weight is 901 g/mol. The third-order valence-corrected chi connectivity index (χ3v) is 16.5. The van der Waals surface area contributed by atoms with Crippen molar-refractivity contribution in [1.82, 2.24) is 4.57 Å². The van der Waals surface area contributed by atoms with E-state index < -0.39 is 0 Å². The van der Waals surface area contributed by atoms with Gasteiger partial charge in [0.1, 0.15) is 0 Å². The standard InChI is InChI=1S/C64H39NSe/c1-3-20-40(21-4-1)58-43-25-7-9-27-45(43)59(46-28-10-8-26-44(46)58)52-34-19-39-57-62(52)55-37-18-36-54(64(55)66-57)61-49-31-13-11-29-47(49)60(48-30-12-14-32-50(48)61)53-35-17-33-51-42-24-15-16-38-56(42)65(63(51)53)41-22-5-2-6-23-41/h1-39H. The fourth-order valence-corrected chi connectivity index (χ4v) is 14.0. The van der Waals surface area contributed by atoms with Crippen molar-refractivity contribution in [3.05, 3.63) is 237 Å². The van der Waals surface area contributed by atoms with Crippen LogP contribution in [0.5, 0.6) is 0 Å². The van der Waals surface area contributed by atoms with E-state index in [4.69, 9.17) is 0 Å². The molecule has 0 radical (unpaired) electrons. The molecule has 1 nitrogen and oxygen atoms in total. The van der Waals surface area contributed by atoms with Gasteiger partial charge in [0.05, 0.1) is 0 Å². The van der Waals surface area contributed by atoms with Crippen LogP contribution in [0.3, 0.4) is 0 Å². The van der Waals surface area contributed by atoms with E-state index in [1.807, 2.05) is 0 Å². The first-order valence-electron chi connectivity index (χ1n) is 22.8. The second kappa shape index (κ2) is 14.8. The monoisotopic (exact) mass is 901 g/mol. The molecule has 0 N–H and O–H groups in total. The first-order chi connectivity index (χ1) is 32.8. The Kier molecular flexibility index (Phi) is 8.37. The molecular weight excluding hydrogens is 862 g/mol. The van der Waals surface area contributed by atoms with Crippen LogP contribution in [0.15, 0.2) is 237 Å². The quantitative estimate of drug-likeness (QED) is 0.120. The van der Waals surface area contributed by atoms with Gasteiger partial charge in [0, 0.05) is 0 Å². The fraction of sp³-hybridized carbons (Fsp3) is 0. The molecule has 0 aliphatic carbocycles. The van der Waals surface area contributed by atoms with Crippen molar-refractivity contribution in [2.45, 2.75) is 0 Å². The van der Waals surface area contributed by atoms with Crippen LogP contribution in [0, 0.1) is 0 Å². The number of benzene rings is 12. The van der Waals surface area contributed by atoms with Crippen LogP contribution in [0.4, 0.5) is 0 Å². The van der Waals surface area contributed by atoms with Crippen LogP contribution in [-0.4, -0.2) is 19.1 Å². The minimum absolute atomic E-state index is 0.0793. The van der Waals surface area contributed by atoms with Gasteiger partial charge in [0.15, 0.2) is 0 Å². The summed E-state index contributed by atoms with van der Waals surface area (Å²) in [6.45, 7) is 0. The Labute approximate surface area is 387 Å². The Hall–Kier alpha value is -8.00. The van der Waals surface area contributed by atoms with Gasteiger partial charge in [-0.15, -0.1) is 0 Å². The molecule has 0 aliphatic heterocycles. The Morgan fingerprint density at radius 3 is 1.27 bits per heavy atom. The summed E-state index contributed by atoms with van der Waals surface area (Å²) >= 11 is 0.0793. The second-order valence-electron chi connectivity index (χ2n) is 17.4. The summed E-state index contributed by atoms with van der Waals surface area (Å²) in [5, 5.41) is 15.5. The molecule has 0 saturated carbocycles. The molecule has 2 heteroatoms. The zero-order chi connectivity index (χ0) is 43.3. The van der Waals surface area contributed by atoms with E-state index in [1.165, 1.54) is 129 Å². The van der Waals surface area contributed by atoms with Crippen molar-refractivity contribution < 1.29 is 0 Å². The van der Waals surface area contributed by atoms with Crippen molar-refractivity contribution >= 4 is 98.7 Å². The molecule has 66 heavy (non-hydrogen) atoms. The zero-order valence-corrected chi connectivity index (χ0v) is 37.6. The fourth-order valence-electron chi connectivity index (χ4n) is 11.4. The Balaban J connectivity index is 1.06. The van der Waals surface area contributed by atoms with Crippen molar-refractivity contribution in [2.75, 3.05) is 0 Å². The zero-order valence-electron chi connectivity index (χ0n) is 35.9. The van der Waals surface area contributed by atoms with E-state index in [9.17, 15) is 0 Å². The van der Waals surface area contributed by atoms with E-state index in [-0.39, 0.29) is 14.5 Å². The Morgan fingerprint density at radius 2 is 0.682 bits per heavy atom. The molecule has 0 aliphatic rings. The molecule has 0 bridgehead atoms. The Bertz CT molecular complexity index is 4160. The summed E-state index contributed by atoms with van der Waals surface area (Å²) in [6.07, 6.45) is 0. The molecule has 14 rings (SSSR count). The predicted molar refractivity (Wildman–Crippen MR) is 285 cm³/mol. The van der Waals surface area contributed by atoms with Gasteiger partial charge < -0.3 is 0 Å². The molecule has 2 aromatic heterocycles. The first kappa shape index (κ1) is 37.4. The maximum atomic E-state index is 2.47. The van der Waals surface area contributed by atoms with Gasteiger partial charge in [-0.1, -0.05) is 6.07 Å². The summed E-state index contributed by atoms with van der Waals surface area (Å²) in [5.74, 6) is 0. The SMILES string of the molecule is c1ccc(-c2c3ccccc3c(-c3cccc4[se]c5c(-c6c7ccccc7c(-c7cccc8c9ccccc9n(-c9ccccc9)c78)c7ccccc67)cccc5c34)c3ccccc23)cc1. The molecule has 0 spiro atoms. The van der Waals surface area contributed by atoms with Gasteiger partial charge in [0.2, 0.25) is 0 Å². The topological polar surface area (TPSA) is 4.93 Å². The maximum absolute atomic E-state index is 2.47. The number of fused-ring (bicyclic) bond motifs is 10. The van der Waals surface area contributed by atoms with Crippen molar-refractivity contribution in [2.24, 2.45) is 0 Å². The summed E-state index contributed by atoms with van der Waals surface area (Å²) in [4.78, 5) is 0. The van der Waals surface area contributed by atoms with Gasteiger partial charge in [-0.3, -0.25) is 0 Å². The Morgan fingerprint density at radius 1 is 0.273 bits per heavy atom. The average Bonchev–Trinajstić information content (AvgIpc) is 3.95. The minimum atomic E-state index is 0.0793. The van der Waals surface area contributed by atoms with E-state index in [0.29, 0.717) is 0 Å². The third-order valence-electron chi connectivity index (χ3n) is 14.0. The molecule has 0 atom stereocenters. The summed E-state index contributed by atoms with van der Waals surface area (Å²) in [5.41, 5.74) is 13.9. The molecule has 0 amide bonds. The van der Waals surface area contributed by atoms with E-state index in [1.54, 1.807) is 0 Å². The summed E-state index contributed by atoms with van der Waals surface area (Å²) < 4.78 is 5.37. The number of aromatic nitrogens is 1. The molecule has 14 aromatic rings. The van der Waals surface area contributed by atoms with Crippen LogP contribution in [0.1, 0.15) is 0 Å². The molecule has 12 aromatic carbocycles. The third kappa shape index (κ3) is 5.41. The number of hydrogen-bond acceptors (Lipinski definition) is 0. The normalized spacial score (nSPS) is 11.9. The van der Waals surface area contributed by atoms with Crippen molar-refractivity contribution in [3.63, 3.8) is 0 Å². The second-order valence-corrected chi connectivity index (χ2v) is 19.6. The van der Waals surface area contributed by atoms with Crippen molar-refractivity contribution in [1.29, 1.82) is 0 Å². The molecule has 2 heterocycles. The first-order valence-corrected chi connectivity index (χ1v) is 24.5. The van der Waals surface area contributed by atoms with Gasteiger partial charge in [-0.05, 0) is 0 Å². The van der Waals surface area contributed by atoms with E-state index >= 15 is 0 Å².